The summed E-state index contributed by atoms with van der Waals surface area (Å²) >= 11 is 0. The van der Waals surface area contributed by atoms with Crippen LogP contribution in [0.1, 0.15) is 50.6 Å². The lowest BCUT2D eigenvalue weighted by Crippen LogP contribution is -2.45. The van der Waals surface area contributed by atoms with Gasteiger partial charge in [0.05, 0.1) is 6.10 Å². The fourth-order valence-electron chi connectivity index (χ4n) is 4.34. The van der Waals surface area contributed by atoms with Crippen LogP contribution >= 0.6 is 0 Å². The third kappa shape index (κ3) is 4.46. The average Bonchev–Trinajstić information content (AvgIpc) is 3.22. The number of nitrogens with zero attached hydrogens (tertiary/aromatic N) is 4. The monoisotopic (exact) mass is 359 g/mol. The van der Waals surface area contributed by atoms with Crippen LogP contribution in [-0.4, -0.2) is 61.4 Å². The van der Waals surface area contributed by atoms with Crippen LogP contribution in [0.15, 0.2) is 6.07 Å². The molecule has 6 heteroatoms. The van der Waals surface area contributed by atoms with Crippen molar-refractivity contribution in [3.05, 3.63) is 11.8 Å². The maximum absolute atomic E-state index is 5.84. The first-order valence-electron chi connectivity index (χ1n) is 10.5. The van der Waals surface area contributed by atoms with Gasteiger partial charge in [0.25, 0.3) is 0 Å². The second-order valence-corrected chi connectivity index (χ2v) is 8.02. The number of rotatable bonds is 5. The smallest absolute Gasteiger partial charge is 0.227 e. The molecule has 0 aromatic carbocycles. The molecule has 0 radical (unpaired) electrons. The lowest BCUT2D eigenvalue weighted by molar-refractivity contribution is 0.0149. The fraction of sp³-hybridized carbons (Fsp3) is 0.800. The number of hydrogen-bond acceptors (Lipinski definition) is 6. The predicted octanol–water partition coefficient (Wildman–Crippen LogP) is 2.51. The Kier molecular flexibility index (Phi) is 5.90. The quantitative estimate of drug-likeness (QED) is 0.872. The van der Waals surface area contributed by atoms with E-state index >= 15 is 0 Å². The van der Waals surface area contributed by atoms with Crippen LogP contribution in [-0.2, 0) is 4.74 Å². The Morgan fingerprint density at radius 3 is 2.54 bits per heavy atom. The summed E-state index contributed by atoms with van der Waals surface area (Å²) in [5.74, 6) is 2.03. The Hall–Kier alpha value is -1.40. The Morgan fingerprint density at radius 1 is 1.00 bits per heavy atom. The average molecular weight is 360 g/mol. The molecule has 4 rings (SSSR count). The molecule has 0 bridgehead atoms. The molecule has 0 aliphatic carbocycles. The van der Waals surface area contributed by atoms with E-state index in [9.17, 15) is 0 Å². The fourth-order valence-corrected chi connectivity index (χ4v) is 4.34. The van der Waals surface area contributed by atoms with E-state index in [2.05, 4.69) is 33.1 Å². The number of hydrogen-bond donors (Lipinski definition) is 1. The molecule has 1 aromatic heterocycles. The summed E-state index contributed by atoms with van der Waals surface area (Å²) < 4.78 is 5.84. The predicted molar refractivity (Wildman–Crippen MR) is 105 cm³/mol. The van der Waals surface area contributed by atoms with E-state index in [1.165, 1.54) is 44.9 Å². The van der Waals surface area contributed by atoms with E-state index < -0.39 is 0 Å². The van der Waals surface area contributed by atoms with Crippen LogP contribution in [0.3, 0.4) is 0 Å². The molecule has 1 aromatic rings. The van der Waals surface area contributed by atoms with Crippen molar-refractivity contribution in [2.75, 3.05) is 49.1 Å². The molecule has 3 aliphatic rings. The molecule has 0 amide bonds. The maximum atomic E-state index is 5.84. The Morgan fingerprint density at radius 2 is 1.81 bits per heavy atom. The van der Waals surface area contributed by atoms with Gasteiger partial charge in [0, 0.05) is 57.1 Å². The van der Waals surface area contributed by atoms with Crippen LogP contribution in [0.4, 0.5) is 11.8 Å². The number of piperidine rings is 1. The number of ether oxygens (including phenoxy) is 1. The van der Waals surface area contributed by atoms with Gasteiger partial charge >= 0.3 is 0 Å². The summed E-state index contributed by atoms with van der Waals surface area (Å²) in [5, 5.41) is 3.74. The summed E-state index contributed by atoms with van der Waals surface area (Å²) in [5.41, 5.74) is 1.08. The molecule has 3 fully saturated rings. The van der Waals surface area contributed by atoms with Gasteiger partial charge in [-0.25, -0.2) is 4.98 Å². The lowest BCUT2D eigenvalue weighted by atomic mass is 10.0. The Balaban J connectivity index is 1.30. The Labute approximate surface area is 157 Å². The molecule has 3 saturated heterocycles. The van der Waals surface area contributed by atoms with E-state index in [4.69, 9.17) is 9.72 Å². The van der Waals surface area contributed by atoms with Crippen molar-refractivity contribution in [3.8, 4) is 0 Å². The van der Waals surface area contributed by atoms with Gasteiger partial charge in [-0.1, -0.05) is 0 Å². The maximum Gasteiger partial charge on any atom is 0.227 e. The van der Waals surface area contributed by atoms with Gasteiger partial charge in [0.2, 0.25) is 5.95 Å². The highest BCUT2D eigenvalue weighted by Crippen LogP contribution is 2.23. The molecule has 1 N–H and O–H groups in total. The third-order valence-electron chi connectivity index (χ3n) is 5.94. The zero-order valence-corrected chi connectivity index (χ0v) is 16.1. The molecular formula is C20H33N5O. The second-order valence-electron chi connectivity index (χ2n) is 8.02. The molecule has 26 heavy (non-hydrogen) atoms. The van der Waals surface area contributed by atoms with Gasteiger partial charge in [-0.15, -0.1) is 0 Å². The SMILES string of the molecule is Cc1cc(N2CCC(NC[C@H]3CCCCO3)CC2)nc(N2CCCC2)n1. The van der Waals surface area contributed by atoms with Gasteiger partial charge in [0.1, 0.15) is 5.82 Å². The largest absolute Gasteiger partial charge is 0.377 e. The molecule has 3 aliphatic heterocycles. The molecule has 0 spiro atoms. The highest BCUT2D eigenvalue weighted by atomic mass is 16.5. The summed E-state index contributed by atoms with van der Waals surface area (Å²) in [6.07, 6.45) is 9.05. The van der Waals surface area contributed by atoms with Crippen LogP contribution in [0.5, 0.6) is 0 Å². The standard InChI is InChI=1S/C20H33N5O/c1-16-14-19(23-20(22-16)25-9-3-4-10-25)24-11-7-17(8-12-24)21-15-18-6-2-5-13-26-18/h14,17-18,21H,2-13,15H2,1H3/t18-/m1/s1. The molecule has 4 heterocycles. The third-order valence-corrected chi connectivity index (χ3v) is 5.94. The molecule has 0 saturated carbocycles. The topological polar surface area (TPSA) is 53.5 Å². The molecule has 0 unspecified atom stereocenters. The van der Waals surface area contributed by atoms with Gasteiger partial charge in [-0.3, -0.25) is 0 Å². The van der Waals surface area contributed by atoms with Gasteiger partial charge < -0.3 is 19.9 Å². The van der Waals surface area contributed by atoms with E-state index in [0.717, 1.165) is 56.8 Å². The summed E-state index contributed by atoms with van der Waals surface area (Å²) in [6, 6.07) is 2.75. The molecule has 6 nitrogen and oxygen atoms in total. The van der Waals surface area contributed by atoms with Crippen LogP contribution in [0, 0.1) is 6.92 Å². The van der Waals surface area contributed by atoms with Crippen molar-refractivity contribution >= 4 is 11.8 Å². The van der Waals surface area contributed by atoms with Gasteiger partial charge in [-0.05, 0) is 51.9 Å². The van der Waals surface area contributed by atoms with Crippen LogP contribution in [0.2, 0.25) is 0 Å². The minimum absolute atomic E-state index is 0.425. The molecule has 144 valence electrons. The van der Waals surface area contributed by atoms with Crippen molar-refractivity contribution in [1.29, 1.82) is 0 Å². The second kappa shape index (κ2) is 8.53. The zero-order valence-electron chi connectivity index (χ0n) is 16.1. The normalized spacial score (nSPS) is 25.0. The summed E-state index contributed by atoms with van der Waals surface area (Å²) in [4.78, 5) is 14.3. The first kappa shape index (κ1) is 18.0. The molecule has 1 atom stereocenters. The van der Waals surface area contributed by atoms with E-state index in [-0.39, 0.29) is 0 Å². The van der Waals surface area contributed by atoms with Crippen molar-refractivity contribution in [3.63, 3.8) is 0 Å². The van der Waals surface area contributed by atoms with Crippen LogP contribution in [0.25, 0.3) is 0 Å². The van der Waals surface area contributed by atoms with Crippen molar-refractivity contribution in [2.45, 2.75) is 64.0 Å². The number of nitrogens with one attached hydrogen (secondary N) is 1. The van der Waals surface area contributed by atoms with Gasteiger partial charge in [-0.2, -0.15) is 4.98 Å². The molecular weight excluding hydrogens is 326 g/mol. The highest BCUT2D eigenvalue weighted by molar-refractivity contribution is 5.46. The zero-order chi connectivity index (χ0) is 17.8. The van der Waals surface area contributed by atoms with Crippen molar-refractivity contribution in [2.24, 2.45) is 0 Å². The lowest BCUT2D eigenvalue weighted by Gasteiger charge is -2.34. The van der Waals surface area contributed by atoms with Crippen molar-refractivity contribution in [1.82, 2.24) is 15.3 Å². The van der Waals surface area contributed by atoms with E-state index in [1.54, 1.807) is 0 Å². The number of aromatic nitrogens is 2. The summed E-state index contributed by atoms with van der Waals surface area (Å²) in [6.45, 7) is 8.37. The number of aryl methyl sites for hydroxylation is 1. The minimum Gasteiger partial charge on any atom is -0.377 e. The van der Waals surface area contributed by atoms with Crippen LogP contribution < -0.4 is 15.1 Å². The first-order valence-corrected chi connectivity index (χ1v) is 10.5. The minimum atomic E-state index is 0.425. The first-order chi connectivity index (χ1) is 12.8. The van der Waals surface area contributed by atoms with E-state index in [0.29, 0.717) is 12.1 Å². The Bertz CT molecular complexity index is 576. The number of anilines is 2. The highest BCUT2D eigenvalue weighted by Gasteiger charge is 2.23. The van der Waals surface area contributed by atoms with Gasteiger partial charge in [0.15, 0.2) is 0 Å². The van der Waals surface area contributed by atoms with Crippen molar-refractivity contribution < 1.29 is 4.74 Å². The van der Waals surface area contributed by atoms with E-state index in [1.807, 2.05) is 0 Å². The summed E-state index contributed by atoms with van der Waals surface area (Å²) in [7, 11) is 0.